The van der Waals surface area contributed by atoms with Crippen molar-refractivity contribution in [1.82, 2.24) is 14.7 Å². The highest BCUT2D eigenvalue weighted by atomic mass is 32.1. The molecular weight excluding hydrogens is 512 g/mol. The minimum Gasteiger partial charge on any atom is -0.395 e. The van der Waals surface area contributed by atoms with E-state index in [0.717, 1.165) is 65.7 Å². The van der Waals surface area contributed by atoms with Crippen LogP contribution in [0.2, 0.25) is 0 Å². The number of aryl methyl sites for hydroxylation is 2. The Morgan fingerprint density at radius 1 is 1.10 bits per heavy atom. The molecule has 1 atom stereocenters. The van der Waals surface area contributed by atoms with Crippen LogP contribution in [-0.2, 0) is 4.79 Å². The first-order chi connectivity index (χ1) is 18.8. The van der Waals surface area contributed by atoms with Crippen molar-refractivity contribution >= 4 is 51.5 Å². The Morgan fingerprint density at radius 2 is 1.85 bits per heavy atom. The SMILES string of the molecule is Cc1ccc(C)c(N(C(=O)c2snc(C(N)=O)c2N)[C@H](C(=O)NC2CCCCC2)c2c[nH]c3ccccc23)c1. The van der Waals surface area contributed by atoms with E-state index in [9.17, 15) is 14.4 Å². The molecule has 0 saturated heterocycles. The number of anilines is 2. The first-order valence-corrected chi connectivity index (χ1v) is 13.9. The molecule has 202 valence electrons. The van der Waals surface area contributed by atoms with Crippen LogP contribution in [0.15, 0.2) is 48.7 Å². The number of aromatic amines is 1. The quantitative estimate of drug-likeness (QED) is 0.265. The van der Waals surface area contributed by atoms with Crippen molar-refractivity contribution in [2.75, 3.05) is 10.6 Å². The number of primary amides is 1. The normalized spacial score (nSPS) is 14.7. The van der Waals surface area contributed by atoms with Gasteiger partial charge in [-0.1, -0.05) is 49.6 Å². The minimum atomic E-state index is -1.02. The summed E-state index contributed by atoms with van der Waals surface area (Å²) in [5.74, 6) is -1.62. The lowest BCUT2D eigenvalue weighted by Crippen LogP contribution is -2.47. The second-order valence-electron chi connectivity index (χ2n) is 10.1. The maximum absolute atomic E-state index is 14.4. The molecule has 9 nitrogen and oxygen atoms in total. The van der Waals surface area contributed by atoms with Gasteiger partial charge in [-0.3, -0.25) is 19.3 Å². The fraction of sp³-hybridized carbons (Fsp3) is 0.310. The number of rotatable bonds is 7. The van der Waals surface area contributed by atoms with E-state index < -0.39 is 17.9 Å². The third kappa shape index (κ3) is 5.12. The van der Waals surface area contributed by atoms with Gasteiger partial charge in [0.1, 0.15) is 10.9 Å². The maximum Gasteiger partial charge on any atom is 0.273 e. The van der Waals surface area contributed by atoms with Crippen LogP contribution in [0.25, 0.3) is 10.9 Å². The fourth-order valence-electron chi connectivity index (χ4n) is 5.33. The summed E-state index contributed by atoms with van der Waals surface area (Å²) in [5.41, 5.74) is 15.2. The van der Waals surface area contributed by atoms with Crippen LogP contribution in [-0.4, -0.2) is 33.1 Å². The Balaban J connectivity index is 1.71. The number of benzene rings is 2. The summed E-state index contributed by atoms with van der Waals surface area (Å²) >= 11 is 0.805. The molecule has 3 amide bonds. The standard InChI is InChI=1S/C29H32N6O3S/c1-16-12-13-17(2)22(14-16)35(29(38)26-23(30)24(27(31)36)34-39-26)25(28(37)33-18-8-4-3-5-9-18)20-15-32-21-11-7-6-10-19(20)21/h6-7,10-15,18,25,32H,3-5,8-9,30H2,1-2H3,(H2,31,36)(H,33,37)/t25-/m0/s1. The lowest BCUT2D eigenvalue weighted by Gasteiger charge is -2.34. The van der Waals surface area contributed by atoms with Crippen LogP contribution in [0.1, 0.15) is 75.0 Å². The number of nitrogens with two attached hydrogens (primary N) is 2. The second kappa shape index (κ2) is 10.9. The van der Waals surface area contributed by atoms with Crippen molar-refractivity contribution in [3.8, 4) is 0 Å². The molecule has 1 aliphatic carbocycles. The number of amides is 3. The van der Waals surface area contributed by atoms with E-state index in [1.165, 1.54) is 4.90 Å². The largest absolute Gasteiger partial charge is 0.395 e. The number of carbonyl (C=O) groups excluding carboxylic acids is 3. The van der Waals surface area contributed by atoms with Crippen molar-refractivity contribution < 1.29 is 14.4 Å². The average Bonchev–Trinajstić information content (AvgIpc) is 3.52. The smallest absolute Gasteiger partial charge is 0.273 e. The lowest BCUT2D eigenvalue weighted by atomic mass is 9.94. The van der Waals surface area contributed by atoms with Gasteiger partial charge in [-0.05, 0) is 61.5 Å². The highest BCUT2D eigenvalue weighted by Gasteiger charge is 2.38. The molecule has 0 unspecified atom stereocenters. The Hall–Kier alpha value is -4.18. The average molecular weight is 545 g/mol. The van der Waals surface area contributed by atoms with Crippen molar-refractivity contribution in [2.24, 2.45) is 5.73 Å². The molecule has 1 saturated carbocycles. The van der Waals surface area contributed by atoms with Gasteiger partial charge in [0.25, 0.3) is 11.8 Å². The van der Waals surface area contributed by atoms with Crippen molar-refractivity contribution in [3.05, 3.63) is 75.9 Å². The zero-order valence-corrected chi connectivity index (χ0v) is 22.8. The predicted molar refractivity (Wildman–Crippen MR) is 154 cm³/mol. The molecular formula is C29H32N6O3S. The molecule has 10 heteroatoms. The highest BCUT2D eigenvalue weighted by molar-refractivity contribution is 7.09. The maximum atomic E-state index is 14.4. The van der Waals surface area contributed by atoms with Gasteiger partial charge in [0.15, 0.2) is 5.69 Å². The van der Waals surface area contributed by atoms with Gasteiger partial charge >= 0.3 is 0 Å². The van der Waals surface area contributed by atoms with Crippen LogP contribution in [0.3, 0.4) is 0 Å². The molecule has 39 heavy (non-hydrogen) atoms. The number of hydrogen-bond donors (Lipinski definition) is 4. The molecule has 5 rings (SSSR count). The van der Waals surface area contributed by atoms with E-state index in [0.29, 0.717) is 11.3 Å². The molecule has 6 N–H and O–H groups in total. The van der Waals surface area contributed by atoms with Gasteiger partial charge < -0.3 is 21.8 Å². The number of hydrogen-bond acceptors (Lipinski definition) is 6. The predicted octanol–water partition coefficient (Wildman–Crippen LogP) is 4.76. The van der Waals surface area contributed by atoms with Crippen LogP contribution in [0, 0.1) is 13.8 Å². The minimum absolute atomic E-state index is 0.0319. The molecule has 4 aromatic rings. The van der Waals surface area contributed by atoms with Gasteiger partial charge in [0, 0.05) is 34.4 Å². The third-order valence-electron chi connectivity index (χ3n) is 7.37. The number of carbonyl (C=O) groups is 3. The first kappa shape index (κ1) is 26.4. The Kier molecular flexibility index (Phi) is 7.38. The number of nitrogens with one attached hydrogen (secondary N) is 2. The van der Waals surface area contributed by atoms with Gasteiger partial charge in [-0.2, -0.15) is 4.37 Å². The number of aromatic nitrogens is 2. The topological polar surface area (TPSA) is 147 Å². The van der Waals surface area contributed by atoms with Crippen LogP contribution in [0.5, 0.6) is 0 Å². The van der Waals surface area contributed by atoms with Crippen molar-refractivity contribution in [1.29, 1.82) is 0 Å². The van der Waals surface area contributed by atoms with Crippen molar-refractivity contribution in [3.63, 3.8) is 0 Å². The molecule has 2 aromatic carbocycles. The zero-order chi connectivity index (χ0) is 27.7. The summed E-state index contributed by atoms with van der Waals surface area (Å²) in [7, 11) is 0. The van der Waals surface area contributed by atoms with Crippen molar-refractivity contribution in [2.45, 2.75) is 58.0 Å². The summed E-state index contributed by atoms with van der Waals surface area (Å²) in [6, 6.07) is 12.4. The van der Waals surface area contributed by atoms with Gasteiger partial charge in [0.05, 0.1) is 5.69 Å². The monoisotopic (exact) mass is 544 g/mol. The lowest BCUT2D eigenvalue weighted by molar-refractivity contribution is -0.123. The third-order valence-corrected chi connectivity index (χ3v) is 8.22. The summed E-state index contributed by atoms with van der Waals surface area (Å²) in [4.78, 5) is 45.4. The number of para-hydroxylation sites is 1. The Bertz CT molecular complexity index is 1550. The molecule has 1 aliphatic rings. The van der Waals surface area contributed by atoms with E-state index >= 15 is 0 Å². The van der Waals surface area contributed by atoms with Crippen LogP contribution >= 0.6 is 11.5 Å². The number of nitrogen functional groups attached to an aromatic ring is 1. The number of fused-ring (bicyclic) bond motifs is 1. The first-order valence-electron chi connectivity index (χ1n) is 13.1. The number of H-pyrrole nitrogens is 1. The molecule has 0 radical (unpaired) electrons. The summed E-state index contributed by atoms with van der Waals surface area (Å²) in [6.45, 7) is 3.83. The Morgan fingerprint density at radius 3 is 2.56 bits per heavy atom. The summed E-state index contributed by atoms with van der Waals surface area (Å²) in [6.07, 6.45) is 6.83. The molecule has 2 heterocycles. The highest BCUT2D eigenvalue weighted by Crippen LogP contribution is 2.38. The molecule has 1 fully saturated rings. The summed E-state index contributed by atoms with van der Waals surface area (Å²) < 4.78 is 4.05. The number of nitrogens with zero attached hydrogens (tertiary/aromatic N) is 2. The molecule has 0 aliphatic heterocycles. The van der Waals surface area contributed by atoms with Crippen LogP contribution < -0.4 is 21.7 Å². The fourth-order valence-corrected chi connectivity index (χ4v) is 6.07. The zero-order valence-electron chi connectivity index (χ0n) is 22.0. The van der Waals surface area contributed by atoms with Gasteiger partial charge in [-0.25, -0.2) is 0 Å². The second-order valence-corrected chi connectivity index (χ2v) is 10.9. The summed E-state index contributed by atoms with van der Waals surface area (Å²) in [5, 5.41) is 4.07. The molecule has 0 bridgehead atoms. The van der Waals surface area contributed by atoms with E-state index in [4.69, 9.17) is 11.5 Å². The molecule has 2 aromatic heterocycles. The van der Waals surface area contributed by atoms with Gasteiger partial charge in [-0.15, -0.1) is 0 Å². The van der Waals surface area contributed by atoms with E-state index in [2.05, 4.69) is 14.7 Å². The van der Waals surface area contributed by atoms with Gasteiger partial charge in [0.2, 0.25) is 5.91 Å². The van der Waals surface area contributed by atoms with Crippen LogP contribution in [0.4, 0.5) is 11.4 Å². The molecule has 0 spiro atoms. The van der Waals surface area contributed by atoms with E-state index in [1.807, 2.05) is 56.3 Å². The Labute approximate surface area is 230 Å². The van der Waals surface area contributed by atoms with E-state index in [1.54, 1.807) is 6.20 Å². The van der Waals surface area contributed by atoms with E-state index in [-0.39, 0.29) is 28.2 Å².